The molecule has 2 nitrogen and oxygen atoms in total. The summed E-state index contributed by atoms with van der Waals surface area (Å²) in [6.45, 7) is 0. The second-order valence-corrected chi connectivity index (χ2v) is 12.8. The fourth-order valence-electron chi connectivity index (χ4n) is 7.79. The van der Waals surface area contributed by atoms with Gasteiger partial charge in [-0.3, -0.25) is 0 Å². The molecule has 0 aliphatic heterocycles. The Kier molecular flexibility index (Phi) is 6.44. The van der Waals surface area contributed by atoms with Crippen molar-refractivity contribution in [2.24, 2.45) is 0 Å². The molecule has 1 aromatic heterocycles. The van der Waals surface area contributed by atoms with Gasteiger partial charge in [0.25, 0.3) is 0 Å². The highest BCUT2D eigenvalue weighted by atomic mass is 15.1. The van der Waals surface area contributed by atoms with Crippen molar-refractivity contribution in [3.63, 3.8) is 0 Å². The summed E-state index contributed by atoms with van der Waals surface area (Å²) in [5, 5.41) is 9.94. The van der Waals surface area contributed by atoms with E-state index in [-0.39, 0.29) is 0 Å². The van der Waals surface area contributed by atoms with Crippen molar-refractivity contribution in [1.82, 2.24) is 4.57 Å². The quantitative estimate of drug-likeness (QED) is 0.171. The van der Waals surface area contributed by atoms with Crippen molar-refractivity contribution < 1.29 is 0 Å². The Bertz CT molecular complexity index is 2870. The second kappa shape index (κ2) is 11.4. The zero-order valence-electron chi connectivity index (χ0n) is 27.2. The van der Waals surface area contributed by atoms with Crippen LogP contribution in [-0.2, 0) is 0 Å². The monoisotopic (exact) mass is 634 g/mol. The van der Waals surface area contributed by atoms with Crippen LogP contribution in [0.5, 0.6) is 0 Å². The molecule has 0 unspecified atom stereocenters. The molecule has 0 aliphatic rings. The molecule has 0 atom stereocenters. The molecule has 10 rings (SSSR count). The van der Waals surface area contributed by atoms with E-state index in [4.69, 9.17) is 0 Å². The van der Waals surface area contributed by atoms with Gasteiger partial charge in [-0.15, -0.1) is 0 Å². The predicted octanol–water partition coefficient (Wildman–Crippen LogP) is 13.0. The summed E-state index contributed by atoms with van der Waals surface area (Å²) in [5.41, 5.74) is 9.15. The summed E-state index contributed by atoms with van der Waals surface area (Å²) in [4.78, 5) is 2.37. The van der Waals surface area contributed by atoms with Crippen molar-refractivity contribution in [1.29, 1.82) is 0 Å². The lowest BCUT2D eigenvalue weighted by molar-refractivity contribution is 1.19. The van der Waals surface area contributed by atoms with E-state index < -0.39 is 0 Å². The molecule has 0 amide bonds. The number of rotatable bonds is 5. The average Bonchev–Trinajstić information content (AvgIpc) is 3.54. The van der Waals surface area contributed by atoms with Crippen molar-refractivity contribution in [2.45, 2.75) is 0 Å². The lowest BCUT2D eigenvalue weighted by Gasteiger charge is -2.26. The minimum Gasteiger partial charge on any atom is -0.310 e. The van der Waals surface area contributed by atoms with Crippen LogP contribution in [0.4, 0.5) is 17.1 Å². The van der Waals surface area contributed by atoms with Crippen LogP contribution < -0.4 is 4.90 Å². The third kappa shape index (κ3) is 4.45. The lowest BCUT2D eigenvalue weighted by atomic mass is 9.97. The summed E-state index contributed by atoms with van der Waals surface area (Å²) in [6, 6.07) is 71.8. The van der Waals surface area contributed by atoms with Gasteiger partial charge < -0.3 is 9.47 Å². The smallest absolute Gasteiger partial charge is 0.0619 e. The first-order valence-electron chi connectivity index (χ1n) is 17.0. The van der Waals surface area contributed by atoms with Crippen LogP contribution in [0.15, 0.2) is 182 Å². The number of benzene rings is 8. The molecule has 232 valence electrons. The van der Waals surface area contributed by atoms with E-state index in [1.165, 1.54) is 65.3 Å². The zero-order chi connectivity index (χ0) is 33.0. The molecule has 0 spiro atoms. The summed E-state index contributed by atoms with van der Waals surface area (Å²) >= 11 is 0. The van der Waals surface area contributed by atoms with Gasteiger partial charge in [-0.05, 0) is 92.7 Å². The van der Waals surface area contributed by atoms with Crippen LogP contribution in [0.25, 0.3) is 70.9 Å². The molecule has 0 bridgehead atoms. The Balaban J connectivity index is 1.20. The topological polar surface area (TPSA) is 8.17 Å². The largest absolute Gasteiger partial charge is 0.310 e. The minimum atomic E-state index is 1.07. The molecule has 2 heteroatoms. The van der Waals surface area contributed by atoms with Crippen molar-refractivity contribution >= 4 is 71.2 Å². The highest BCUT2D eigenvalue weighted by molar-refractivity contribution is 6.22. The Hall–Kier alpha value is -6.82. The van der Waals surface area contributed by atoms with Crippen LogP contribution in [0, 0.1) is 12.1 Å². The summed E-state index contributed by atoms with van der Waals surface area (Å²) in [5.74, 6) is 0. The van der Waals surface area contributed by atoms with Crippen LogP contribution in [-0.4, -0.2) is 4.57 Å². The number of hydrogen-bond acceptors (Lipinski definition) is 1. The summed E-state index contributed by atoms with van der Waals surface area (Å²) in [6.07, 6.45) is 0. The van der Waals surface area contributed by atoms with Gasteiger partial charge in [0.15, 0.2) is 0 Å². The maximum atomic E-state index is 3.19. The number of aromatic nitrogens is 1. The molecular formula is C48H30N2. The van der Waals surface area contributed by atoms with Crippen LogP contribution in [0.2, 0.25) is 0 Å². The van der Waals surface area contributed by atoms with Gasteiger partial charge in [-0.2, -0.15) is 0 Å². The number of hydrogen-bond donors (Lipinski definition) is 0. The predicted molar refractivity (Wildman–Crippen MR) is 211 cm³/mol. The first-order chi connectivity index (χ1) is 24.8. The van der Waals surface area contributed by atoms with E-state index in [0.29, 0.717) is 0 Å². The SMILES string of the molecule is c1ccc(-n2c3cccc(-c4cccc(N(c5ccccc5)c5ccc6c(ccc7ccccc76)c5)c4)c3c3ccc4ccccc4c32)cc#1. The highest BCUT2D eigenvalue weighted by Gasteiger charge is 2.20. The number of fused-ring (bicyclic) bond motifs is 8. The molecule has 0 radical (unpaired) electrons. The molecular weight excluding hydrogens is 605 g/mol. The van der Waals surface area contributed by atoms with Crippen molar-refractivity contribution in [2.75, 3.05) is 4.90 Å². The molecule has 0 N–H and O–H groups in total. The first-order valence-corrected chi connectivity index (χ1v) is 17.0. The maximum absolute atomic E-state index is 3.19. The van der Waals surface area contributed by atoms with Gasteiger partial charge in [0.1, 0.15) is 0 Å². The molecule has 9 aromatic carbocycles. The van der Waals surface area contributed by atoms with Crippen LogP contribution in [0.1, 0.15) is 0 Å². The van der Waals surface area contributed by atoms with E-state index in [0.717, 1.165) is 22.7 Å². The van der Waals surface area contributed by atoms with Crippen molar-refractivity contribution in [3.05, 3.63) is 194 Å². The van der Waals surface area contributed by atoms with E-state index in [1.54, 1.807) is 0 Å². The zero-order valence-corrected chi connectivity index (χ0v) is 27.2. The molecule has 0 aliphatic carbocycles. The summed E-state index contributed by atoms with van der Waals surface area (Å²) < 4.78 is 2.39. The van der Waals surface area contributed by atoms with Gasteiger partial charge in [0, 0.05) is 39.3 Å². The molecule has 0 saturated carbocycles. The van der Waals surface area contributed by atoms with Gasteiger partial charge in [0.05, 0.1) is 16.7 Å². The Morgan fingerprint density at radius 2 is 1.12 bits per heavy atom. The molecule has 0 fully saturated rings. The fourth-order valence-corrected chi connectivity index (χ4v) is 7.79. The van der Waals surface area contributed by atoms with E-state index in [1.807, 2.05) is 12.1 Å². The van der Waals surface area contributed by atoms with Crippen LogP contribution in [0.3, 0.4) is 0 Å². The van der Waals surface area contributed by atoms with E-state index >= 15 is 0 Å². The lowest BCUT2D eigenvalue weighted by Crippen LogP contribution is -2.09. The normalized spacial score (nSPS) is 11.4. The standard InChI is InChI=1S/C48H30N2/c1-3-16-37(17-4-1)49(40-28-30-42-36(32-40)26-25-33-13-7-9-21-41(33)42)39-20-11-15-35(31-39)43-23-12-24-46-47(43)45-29-27-34-14-8-10-22-44(34)48(45)50(46)38-18-5-2-6-19-38/h1,3-5,7-32H. The minimum absolute atomic E-state index is 1.07. The van der Waals surface area contributed by atoms with Crippen LogP contribution >= 0.6 is 0 Å². The van der Waals surface area contributed by atoms with E-state index in [2.05, 4.69) is 191 Å². The number of anilines is 3. The Morgan fingerprint density at radius 1 is 0.440 bits per heavy atom. The molecule has 50 heavy (non-hydrogen) atoms. The Morgan fingerprint density at radius 3 is 1.98 bits per heavy atom. The fraction of sp³-hybridized carbons (Fsp3) is 0. The van der Waals surface area contributed by atoms with Crippen molar-refractivity contribution in [3.8, 4) is 16.8 Å². The van der Waals surface area contributed by atoms with Gasteiger partial charge in [0.2, 0.25) is 0 Å². The molecule has 10 aromatic rings. The highest BCUT2D eigenvalue weighted by Crippen LogP contribution is 2.43. The first kappa shape index (κ1) is 28.2. The van der Waals surface area contributed by atoms with Gasteiger partial charge >= 0.3 is 0 Å². The van der Waals surface area contributed by atoms with Gasteiger partial charge in [-0.1, -0.05) is 133 Å². The number of para-hydroxylation sites is 1. The van der Waals surface area contributed by atoms with Gasteiger partial charge in [-0.25, -0.2) is 0 Å². The second-order valence-electron chi connectivity index (χ2n) is 12.8. The van der Waals surface area contributed by atoms with E-state index in [9.17, 15) is 0 Å². The molecule has 1 heterocycles. The average molecular weight is 635 g/mol. The molecule has 0 saturated heterocycles. The third-order valence-corrected chi connectivity index (χ3v) is 9.99. The summed E-state index contributed by atoms with van der Waals surface area (Å²) in [7, 11) is 0. The number of nitrogens with zero attached hydrogens (tertiary/aromatic N) is 2. The maximum Gasteiger partial charge on any atom is 0.0619 e. The third-order valence-electron chi connectivity index (χ3n) is 9.99. The Labute approximate surface area is 290 Å².